The smallest absolute Gasteiger partial charge is 0.407 e. The van der Waals surface area contributed by atoms with Gasteiger partial charge in [0.1, 0.15) is 24.2 Å². The summed E-state index contributed by atoms with van der Waals surface area (Å²) in [5.74, 6) is -0.203. The number of carboxylic acid groups (broad SMARTS) is 1. The van der Waals surface area contributed by atoms with Gasteiger partial charge in [0, 0.05) is 22.4 Å². The molecule has 0 aliphatic heterocycles. The monoisotopic (exact) mass is 531 g/mol. The van der Waals surface area contributed by atoms with E-state index in [0.29, 0.717) is 11.5 Å². The number of halogens is 1. The van der Waals surface area contributed by atoms with E-state index in [4.69, 9.17) is 9.15 Å². The van der Waals surface area contributed by atoms with Crippen LogP contribution in [0.1, 0.15) is 22.8 Å². The maximum absolute atomic E-state index is 12.6. The van der Waals surface area contributed by atoms with Crippen molar-refractivity contribution in [3.8, 4) is 22.5 Å². The third-order valence-electron chi connectivity index (χ3n) is 6.11. The summed E-state index contributed by atoms with van der Waals surface area (Å²) in [5, 5.41) is 12.1. The number of aliphatic carboxylic acids is 1. The Morgan fingerprint density at radius 2 is 1.63 bits per heavy atom. The van der Waals surface area contributed by atoms with Gasteiger partial charge in [-0.3, -0.25) is 0 Å². The second-order valence-electron chi connectivity index (χ2n) is 8.34. The van der Waals surface area contributed by atoms with Crippen LogP contribution in [0.15, 0.2) is 93.8 Å². The Balaban J connectivity index is 1.24. The quantitative estimate of drug-likeness (QED) is 0.294. The molecule has 1 unspecified atom stereocenters. The molecule has 7 heteroatoms. The molecule has 2 N–H and O–H groups in total. The van der Waals surface area contributed by atoms with Gasteiger partial charge in [-0.25, -0.2) is 9.59 Å². The van der Waals surface area contributed by atoms with Crippen molar-refractivity contribution >= 4 is 28.0 Å². The number of rotatable bonds is 7. The highest BCUT2D eigenvalue weighted by Gasteiger charge is 2.30. The normalized spacial score (nSPS) is 13.1. The molecule has 3 aromatic carbocycles. The number of carbonyl (C=O) groups is 2. The lowest BCUT2D eigenvalue weighted by atomic mass is 9.98. The average molecular weight is 532 g/mol. The molecule has 1 amide bonds. The zero-order valence-electron chi connectivity index (χ0n) is 18.6. The van der Waals surface area contributed by atoms with Crippen LogP contribution in [0.4, 0.5) is 4.79 Å². The predicted molar refractivity (Wildman–Crippen MR) is 135 cm³/mol. The summed E-state index contributed by atoms with van der Waals surface area (Å²) < 4.78 is 12.2. The molecular formula is C28H22BrNO5. The Kier molecular flexibility index (Phi) is 6.42. The number of ether oxygens (including phenoxy) is 1. The number of nitrogens with one attached hydrogen (secondary N) is 1. The average Bonchev–Trinajstić information content (AvgIpc) is 3.45. The molecule has 1 heterocycles. The maximum Gasteiger partial charge on any atom is 0.407 e. The molecule has 0 saturated heterocycles. The molecule has 1 aromatic heterocycles. The first-order valence-electron chi connectivity index (χ1n) is 11.2. The Morgan fingerprint density at radius 3 is 2.29 bits per heavy atom. The molecule has 1 atom stereocenters. The second-order valence-corrected chi connectivity index (χ2v) is 9.26. The summed E-state index contributed by atoms with van der Waals surface area (Å²) in [5.41, 5.74) is 5.29. The molecule has 0 radical (unpaired) electrons. The lowest BCUT2D eigenvalue weighted by Crippen LogP contribution is -2.42. The lowest BCUT2D eigenvalue weighted by molar-refractivity contribution is -0.139. The maximum atomic E-state index is 12.6. The molecule has 4 aromatic rings. The number of furan rings is 1. The minimum Gasteiger partial charge on any atom is -0.480 e. The largest absolute Gasteiger partial charge is 0.480 e. The van der Waals surface area contributed by atoms with Crippen LogP contribution in [0.3, 0.4) is 0 Å². The SMILES string of the molecule is O=C(NC(Cc1ccc(-c2cccc(Br)c2)o1)C(=O)O)OCC1c2ccccc2-c2ccccc21. The van der Waals surface area contributed by atoms with Crippen LogP contribution in [0, 0.1) is 0 Å². The fraction of sp³-hybridized carbons (Fsp3) is 0.143. The van der Waals surface area contributed by atoms with E-state index in [1.807, 2.05) is 60.7 Å². The van der Waals surface area contributed by atoms with Crippen LogP contribution >= 0.6 is 15.9 Å². The predicted octanol–water partition coefficient (Wildman–Crippen LogP) is 6.24. The molecule has 5 rings (SSSR count). The van der Waals surface area contributed by atoms with Gasteiger partial charge in [-0.1, -0.05) is 76.6 Å². The summed E-state index contributed by atoms with van der Waals surface area (Å²) in [6.45, 7) is 0.111. The molecule has 35 heavy (non-hydrogen) atoms. The minimum atomic E-state index is -1.19. The number of benzene rings is 3. The number of carboxylic acids is 1. The van der Waals surface area contributed by atoms with Crippen molar-refractivity contribution in [3.05, 3.63) is 106 Å². The topological polar surface area (TPSA) is 88.8 Å². The molecule has 6 nitrogen and oxygen atoms in total. The summed E-state index contributed by atoms with van der Waals surface area (Å²) in [6.07, 6.45) is -0.786. The number of fused-ring (bicyclic) bond motifs is 3. The number of carbonyl (C=O) groups excluding carboxylic acids is 1. The zero-order valence-corrected chi connectivity index (χ0v) is 20.2. The van der Waals surface area contributed by atoms with E-state index in [9.17, 15) is 14.7 Å². The van der Waals surface area contributed by atoms with E-state index < -0.39 is 18.1 Å². The van der Waals surface area contributed by atoms with Crippen LogP contribution in [-0.4, -0.2) is 29.8 Å². The van der Waals surface area contributed by atoms with E-state index in [-0.39, 0.29) is 18.9 Å². The van der Waals surface area contributed by atoms with E-state index in [1.54, 1.807) is 12.1 Å². The standard InChI is InChI=1S/C28H22BrNO5/c29-18-7-5-6-17(14-18)26-13-12-19(35-26)15-25(27(31)32)30-28(33)34-16-24-22-10-3-1-8-20(22)21-9-2-4-11-23(21)24/h1-14,24-25H,15-16H2,(H,30,33)(H,31,32). The lowest BCUT2D eigenvalue weighted by Gasteiger charge is -2.17. The highest BCUT2D eigenvalue weighted by molar-refractivity contribution is 9.10. The third-order valence-corrected chi connectivity index (χ3v) is 6.60. The highest BCUT2D eigenvalue weighted by atomic mass is 79.9. The summed E-state index contributed by atoms with van der Waals surface area (Å²) in [7, 11) is 0. The van der Waals surface area contributed by atoms with Gasteiger partial charge >= 0.3 is 12.1 Å². The first-order chi connectivity index (χ1) is 17.0. The van der Waals surface area contributed by atoms with Crippen molar-refractivity contribution in [2.45, 2.75) is 18.4 Å². The van der Waals surface area contributed by atoms with Crippen LogP contribution < -0.4 is 5.32 Å². The highest BCUT2D eigenvalue weighted by Crippen LogP contribution is 2.44. The van der Waals surface area contributed by atoms with Gasteiger partial charge in [0.25, 0.3) is 0 Å². The Morgan fingerprint density at radius 1 is 0.943 bits per heavy atom. The molecule has 0 fully saturated rings. The van der Waals surface area contributed by atoms with Gasteiger partial charge in [0.15, 0.2) is 0 Å². The first-order valence-corrected chi connectivity index (χ1v) is 12.0. The van der Waals surface area contributed by atoms with Crippen molar-refractivity contribution in [2.75, 3.05) is 6.61 Å². The van der Waals surface area contributed by atoms with E-state index in [0.717, 1.165) is 32.3 Å². The molecule has 0 saturated carbocycles. The van der Waals surface area contributed by atoms with Crippen LogP contribution in [-0.2, 0) is 16.0 Å². The molecule has 1 aliphatic carbocycles. The molecule has 0 spiro atoms. The van der Waals surface area contributed by atoms with Gasteiger partial charge in [0.2, 0.25) is 0 Å². The fourth-order valence-electron chi connectivity index (χ4n) is 4.47. The minimum absolute atomic E-state index is 0.00642. The Bertz CT molecular complexity index is 1350. The van der Waals surface area contributed by atoms with Crippen LogP contribution in [0.2, 0.25) is 0 Å². The number of amides is 1. The number of hydrogen-bond acceptors (Lipinski definition) is 4. The van der Waals surface area contributed by atoms with Crippen molar-refractivity contribution in [2.24, 2.45) is 0 Å². The van der Waals surface area contributed by atoms with Gasteiger partial charge in [-0.05, 0) is 46.5 Å². The summed E-state index contributed by atoms with van der Waals surface area (Å²) in [6, 6.07) is 26.0. The number of hydrogen-bond donors (Lipinski definition) is 2. The fourth-order valence-corrected chi connectivity index (χ4v) is 4.87. The van der Waals surface area contributed by atoms with Gasteiger partial charge in [-0.2, -0.15) is 0 Å². The Labute approximate surface area is 210 Å². The summed E-state index contributed by atoms with van der Waals surface area (Å²) >= 11 is 3.43. The molecule has 1 aliphatic rings. The van der Waals surface area contributed by atoms with Crippen molar-refractivity contribution in [3.63, 3.8) is 0 Å². The second kappa shape index (κ2) is 9.80. The first kappa shape index (κ1) is 22.9. The van der Waals surface area contributed by atoms with Crippen LogP contribution in [0.25, 0.3) is 22.5 Å². The van der Waals surface area contributed by atoms with Gasteiger partial charge < -0.3 is 19.6 Å². The molecule has 0 bridgehead atoms. The van der Waals surface area contributed by atoms with Gasteiger partial charge in [0.05, 0.1) is 0 Å². The van der Waals surface area contributed by atoms with Crippen molar-refractivity contribution in [1.29, 1.82) is 0 Å². The van der Waals surface area contributed by atoms with E-state index >= 15 is 0 Å². The zero-order chi connectivity index (χ0) is 24.4. The van der Waals surface area contributed by atoms with E-state index in [1.165, 1.54) is 0 Å². The van der Waals surface area contributed by atoms with Crippen molar-refractivity contribution < 1.29 is 23.8 Å². The van der Waals surface area contributed by atoms with E-state index in [2.05, 4.69) is 33.4 Å². The van der Waals surface area contributed by atoms with Crippen molar-refractivity contribution in [1.82, 2.24) is 5.32 Å². The number of alkyl carbamates (subject to hydrolysis) is 1. The molecule has 176 valence electrons. The van der Waals surface area contributed by atoms with Gasteiger partial charge in [-0.15, -0.1) is 0 Å². The molecular weight excluding hydrogens is 510 g/mol. The third kappa shape index (κ3) is 4.86. The van der Waals surface area contributed by atoms with Crippen LogP contribution in [0.5, 0.6) is 0 Å². The summed E-state index contributed by atoms with van der Waals surface area (Å²) in [4.78, 5) is 24.4. The Hall–Kier alpha value is -3.84.